The van der Waals surface area contributed by atoms with E-state index in [4.69, 9.17) is 4.74 Å². The van der Waals surface area contributed by atoms with E-state index in [1.54, 1.807) is 12.1 Å². The molecule has 25 heavy (non-hydrogen) atoms. The Hall–Kier alpha value is -3.14. The summed E-state index contributed by atoms with van der Waals surface area (Å²) in [6.07, 6.45) is 0.985. The molecule has 0 aromatic heterocycles. The number of amides is 1. The van der Waals surface area contributed by atoms with Crippen molar-refractivity contribution in [3.05, 3.63) is 58.1 Å². The minimum atomic E-state index is -3.53. The van der Waals surface area contributed by atoms with Gasteiger partial charge in [0.1, 0.15) is 0 Å². The molecular formula is C15H15N3O6S. The van der Waals surface area contributed by atoms with Crippen LogP contribution in [-0.4, -0.2) is 32.6 Å². The summed E-state index contributed by atoms with van der Waals surface area (Å²) < 4.78 is 29.9. The van der Waals surface area contributed by atoms with Crippen LogP contribution in [0, 0.1) is 10.1 Å². The second-order valence-corrected chi connectivity index (χ2v) is 6.77. The highest BCUT2D eigenvalue weighted by atomic mass is 32.2. The van der Waals surface area contributed by atoms with E-state index in [9.17, 15) is 23.3 Å². The molecule has 0 aliphatic carbocycles. The van der Waals surface area contributed by atoms with Gasteiger partial charge in [0.15, 0.2) is 5.75 Å². The Balaban J connectivity index is 2.32. The average molecular weight is 365 g/mol. The van der Waals surface area contributed by atoms with Crippen molar-refractivity contribution in [2.24, 2.45) is 0 Å². The molecule has 0 aliphatic heterocycles. The number of para-hydroxylation sites is 2. The van der Waals surface area contributed by atoms with Gasteiger partial charge in [0.2, 0.25) is 10.0 Å². The Bertz CT molecular complexity index is 927. The van der Waals surface area contributed by atoms with Gasteiger partial charge in [-0.1, -0.05) is 12.1 Å². The first-order valence-electron chi connectivity index (χ1n) is 6.92. The van der Waals surface area contributed by atoms with Gasteiger partial charge in [-0.25, -0.2) is 8.42 Å². The Morgan fingerprint density at radius 1 is 1.16 bits per heavy atom. The zero-order valence-corrected chi connectivity index (χ0v) is 14.2. The summed E-state index contributed by atoms with van der Waals surface area (Å²) in [6.45, 7) is 0. The van der Waals surface area contributed by atoms with Gasteiger partial charge >= 0.3 is 5.69 Å². The molecule has 0 bridgehead atoms. The summed E-state index contributed by atoms with van der Waals surface area (Å²) in [5.74, 6) is -0.603. The number of benzene rings is 2. The van der Waals surface area contributed by atoms with E-state index in [0.29, 0.717) is 0 Å². The molecule has 132 valence electrons. The molecule has 0 aliphatic rings. The molecule has 2 rings (SSSR count). The highest BCUT2D eigenvalue weighted by Gasteiger charge is 2.19. The van der Waals surface area contributed by atoms with Crippen molar-refractivity contribution in [2.75, 3.05) is 23.4 Å². The van der Waals surface area contributed by atoms with Gasteiger partial charge in [0.05, 0.1) is 29.7 Å². The van der Waals surface area contributed by atoms with Gasteiger partial charge < -0.3 is 10.1 Å². The lowest BCUT2D eigenvalue weighted by Gasteiger charge is -2.12. The van der Waals surface area contributed by atoms with Crippen LogP contribution >= 0.6 is 0 Å². The standard InChI is InChI=1S/C15H15N3O6S/c1-24-14-8-7-10(9-13(14)18(20)21)15(19)16-11-5-3-4-6-12(11)17-25(2,22)23/h3-9,17H,1-2H3,(H,16,19). The van der Waals surface area contributed by atoms with Crippen LogP contribution in [0.15, 0.2) is 42.5 Å². The number of methoxy groups -OCH3 is 1. The van der Waals surface area contributed by atoms with E-state index in [1.165, 1.54) is 31.4 Å². The fourth-order valence-corrected chi connectivity index (χ4v) is 2.63. The largest absolute Gasteiger partial charge is 0.490 e. The van der Waals surface area contributed by atoms with Gasteiger partial charge in [0, 0.05) is 11.6 Å². The van der Waals surface area contributed by atoms with Crippen molar-refractivity contribution in [3.63, 3.8) is 0 Å². The number of nitro benzene ring substituents is 1. The first-order chi connectivity index (χ1) is 11.7. The Kier molecular flexibility index (Phi) is 5.22. The Morgan fingerprint density at radius 3 is 2.36 bits per heavy atom. The van der Waals surface area contributed by atoms with E-state index in [2.05, 4.69) is 10.0 Å². The van der Waals surface area contributed by atoms with Gasteiger partial charge in [-0.15, -0.1) is 0 Å². The maximum absolute atomic E-state index is 12.4. The first kappa shape index (κ1) is 18.2. The monoisotopic (exact) mass is 365 g/mol. The number of nitrogens with zero attached hydrogens (tertiary/aromatic N) is 1. The fourth-order valence-electron chi connectivity index (χ4n) is 2.05. The molecule has 2 N–H and O–H groups in total. The van der Waals surface area contributed by atoms with Crippen LogP contribution in [0.3, 0.4) is 0 Å². The minimum Gasteiger partial charge on any atom is -0.490 e. The number of anilines is 2. The molecule has 0 radical (unpaired) electrons. The lowest BCUT2D eigenvalue weighted by atomic mass is 10.1. The molecule has 0 spiro atoms. The molecule has 1 amide bonds. The summed E-state index contributed by atoms with van der Waals surface area (Å²) in [4.78, 5) is 22.7. The summed E-state index contributed by atoms with van der Waals surface area (Å²) in [6, 6.07) is 9.96. The number of hydrogen-bond acceptors (Lipinski definition) is 6. The van der Waals surface area contributed by atoms with Crippen molar-refractivity contribution in [1.82, 2.24) is 0 Å². The van der Waals surface area contributed by atoms with Crippen molar-refractivity contribution >= 4 is 33.0 Å². The van der Waals surface area contributed by atoms with Crippen LogP contribution in [0.2, 0.25) is 0 Å². The van der Waals surface area contributed by atoms with Gasteiger partial charge in [-0.3, -0.25) is 19.6 Å². The van der Waals surface area contributed by atoms with Crippen molar-refractivity contribution in [3.8, 4) is 5.75 Å². The maximum Gasteiger partial charge on any atom is 0.311 e. The van der Waals surface area contributed by atoms with Crippen LogP contribution in [0.1, 0.15) is 10.4 Å². The lowest BCUT2D eigenvalue weighted by molar-refractivity contribution is -0.385. The number of carbonyl (C=O) groups excluding carboxylic acids is 1. The van der Waals surface area contributed by atoms with Crippen LogP contribution < -0.4 is 14.8 Å². The molecular weight excluding hydrogens is 350 g/mol. The first-order valence-corrected chi connectivity index (χ1v) is 8.81. The van der Waals surface area contributed by atoms with E-state index in [-0.39, 0.29) is 28.4 Å². The van der Waals surface area contributed by atoms with Gasteiger partial charge in [-0.2, -0.15) is 0 Å². The second-order valence-electron chi connectivity index (χ2n) is 5.02. The van der Waals surface area contributed by atoms with Crippen LogP contribution in [-0.2, 0) is 10.0 Å². The highest BCUT2D eigenvalue weighted by molar-refractivity contribution is 7.92. The summed E-state index contributed by atoms with van der Waals surface area (Å²) in [5, 5.41) is 13.6. The molecule has 2 aromatic rings. The minimum absolute atomic E-state index is 0.0284. The number of nitro groups is 1. The molecule has 0 saturated heterocycles. The van der Waals surface area contributed by atoms with E-state index >= 15 is 0 Å². The zero-order valence-electron chi connectivity index (χ0n) is 13.3. The molecule has 0 heterocycles. The van der Waals surface area contributed by atoms with Crippen molar-refractivity contribution in [1.29, 1.82) is 0 Å². The summed E-state index contributed by atoms with van der Waals surface area (Å²) >= 11 is 0. The normalized spacial score (nSPS) is 10.8. The predicted octanol–water partition coefficient (Wildman–Crippen LogP) is 2.23. The quantitative estimate of drug-likeness (QED) is 0.597. The van der Waals surface area contributed by atoms with E-state index < -0.39 is 20.9 Å². The third-order valence-corrected chi connectivity index (χ3v) is 3.70. The topological polar surface area (TPSA) is 128 Å². The number of sulfonamides is 1. The smallest absolute Gasteiger partial charge is 0.311 e. The highest BCUT2D eigenvalue weighted by Crippen LogP contribution is 2.28. The second kappa shape index (κ2) is 7.18. The third kappa shape index (κ3) is 4.67. The van der Waals surface area contributed by atoms with E-state index in [0.717, 1.165) is 12.3 Å². The Morgan fingerprint density at radius 2 is 1.80 bits per heavy atom. The van der Waals surface area contributed by atoms with E-state index in [1.807, 2.05) is 0 Å². The SMILES string of the molecule is COc1ccc(C(=O)Nc2ccccc2NS(C)(=O)=O)cc1[N+](=O)[O-]. The van der Waals surface area contributed by atoms with Gasteiger partial charge in [0.25, 0.3) is 5.91 Å². The zero-order chi connectivity index (χ0) is 18.6. The van der Waals surface area contributed by atoms with Crippen molar-refractivity contribution in [2.45, 2.75) is 0 Å². The molecule has 0 unspecified atom stereocenters. The molecule has 9 nitrogen and oxygen atoms in total. The van der Waals surface area contributed by atoms with Crippen LogP contribution in [0.5, 0.6) is 5.75 Å². The third-order valence-electron chi connectivity index (χ3n) is 3.11. The molecule has 0 fully saturated rings. The molecule has 2 aromatic carbocycles. The maximum atomic E-state index is 12.4. The summed E-state index contributed by atoms with van der Waals surface area (Å²) in [7, 11) is -2.25. The van der Waals surface area contributed by atoms with Gasteiger partial charge in [-0.05, 0) is 24.3 Å². The average Bonchev–Trinajstić information content (AvgIpc) is 2.54. The number of ether oxygens (including phenoxy) is 1. The molecule has 0 saturated carbocycles. The summed E-state index contributed by atoms with van der Waals surface area (Å²) in [5.41, 5.74) is 0.0807. The van der Waals surface area contributed by atoms with Crippen LogP contribution in [0.4, 0.5) is 17.1 Å². The predicted molar refractivity (Wildman–Crippen MR) is 92.5 cm³/mol. The van der Waals surface area contributed by atoms with Crippen LogP contribution in [0.25, 0.3) is 0 Å². The number of hydrogen-bond donors (Lipinski definition) is 2. The number of carbonyl (C=O) groups is 1. The number of nitrogens with one attached hydrogen (secondary N) is 2. The molecule has 10 heteroatoms. The fraction of sp³-hybridized carbons (Fsp3) is 0.133. The lowest BCUT2D eigenvalue weighted by Crippen LogP contribution is -2.16. The number of rotatable bonds is 6. The molecule has 0 atom stereocenters. The van der Waals surface area contributed by atoms with Crippen molar-refractivity contribution < 1.29 is 22.9 Å². The Labute approximate surface area is 143 Å².